The van der Waals surface area contributed by atoms with Gasteiger partial charge in [-0.1, -0.05) is 6.07 Å². The summed E-state index contributed by atoms with van der Waals surface area (Å²) < 4.78 is 42.6. The molecule has 1 aliphatic heterocycles. The lowest BCUT2D eigenvalue weighted by Gasteiger charge is -2.24. The fraction of sp³-hybridized carbons (Fsp3) is 0.462. The molecular weight excluding hydrogens is 308 g/mol. The van der Waals surface area contributed by atoms with Gasteiger partial charge in [-0.15, -0.1) is 12.4 Å². The maximum atomic E-state index is 13.8. The Bertz CT molecular complexity index is 513. The standard InChI is InChI=1S/C13H15F2NO4.ClH/c1-2-18-12(17)13(14,15)11(16)8-3-4-9-10(7-8)20-6-5-19-9;/h3-4,7,11H,2,5-6,16H2,1H3;1H/t11-;/m1./s1. The number of nitrogens with two attached hydrogens (primary N) is 1. The highest BCUT2D eigenvalue weighted by molar-refractivity contribution is 5.85. The van der Waals surface area contributed by atoms with Crippen LogP contribution in [0.5, 0.6) is 11.5 Å². The summed E-state index contributed by atoms with van der Waals surface area (Å²) in [6.07, 6.45) is 0. The molecular formula is C13H16ClF2NO4. The highest BCUT2D eigenvalue weighted by Crippen LogP contribution is 2.36. The topological polar surface area (TPSA) is 70.8 Å². The summed E-state index contributed by atoms with van der Waals surface area (Å²) in [5, 5.41) is 0. The Morgan fingerprint density at radius 2 is 2.00 bits per heavy atom. The Kier molecular flexibility index (Phi) is 5.74. The molecule has 2 rings (SSSR count). The lowest BCUT2D eigenvalue weighted by molar-refractivity contribution is -0.174. The maximum absolute atomic E-state index is 13.8. The van der Waals surface area contributed by atoms with Crippen LogP contribution in [0.4, 0.5) is 8.78 Å². The minimum atomic E-state index is -3.81. The molecule has 2 N–H and O–H groups in total. The molecule has 0 unspecified atom stereocenters. The SMILES string of the molecule is CCOC(=O)C(F)(F)[C@H](N)c1ccc2c(c1)OCCO2.Cl. The van der Waals surface area contributed by atoms with Crippen LogP contribution in [-0.2, 0) is 9.53 Å². The van der Waals surface area contributed by atoms with Gasteiger partial charge in [0.2, 0.25) is 0 Å². The molecule has 0 radical (unpaired) electrons. The number of carbonyl (C=O) groups is 1. The predicted molar refractivity (Wildman–Crippen MR) is 73.2 cm³/mol. The van der Waals surface area contributed by atoms with Crippen molar-refractivity contribution in [3.8, 4) is 11.5 Å². The van der Waals surface area contributed by atoms with Crippen LogP contribution in [0.25, 0.3) is 0 Å². The quantitative estimate of drug-likeness (QED) is 0.859. The minimum absolute atomic E-state index is 0. The number of halogens is 3. The van der Waals surface area contributed by atoms with E-state index in [4.69, 9.17) is 15.2 Å². The van der Waals surface area contributed by atoms with E-state index >= 15 is 0 Å². The molecule has 0 aliphatic carbocycles. The average Bonchev–Trinajstić information content (AvgIpc) is 2.46. The Morgan fingerprint density at radius 1 is 1.38 bits per heavy atom. The van der Waals surface area contributed by atoms with Crippen LogP contribution in [0.2, 0.25) is 0 Å². The fourth-order valence-electron chi connectivity index (χ4n) is 1.82. The number of benzene rings is 1. The van der Waals surface area contributed by atoms with Gasteiger partial charge in [0.1, 0.15) is 19.3 Å². The van der Waals surface area contributed by atoms with E-state index in [1.54, 1.807) is 0 Å². The first-order valence-electron chi connectivity index (χ1n) is 6.17. The van der Waals surface area contributed by atoms with Gasteiger partial charge in [0.25, 0.3) is 0 Å². The Hall–Kier alpha value is -1.60. The summed E-state index contributed by atoms with van der Waals surface area (Å²) in [6, 6.07) is 2.42. The maximum Gasteiger partial charge on any atom is 0.379 e. The molecule has 0 aromatic heterocycles. The van der Waals surface area contributed by atoms with Crippen molar-refractivity contribution in [1.82, 2.24) is 0 Å². The molecule has 5 nitrogen and oxygen atoms in total. The molecule has 0 amide bonds. The lowest BCUT2D eigenvalue weighted by Crippen LogP contribution is -2.41. The highest BCUT2D eigenvalue weighted by atomic mass is 35.5. The van der Waals surface area contributed by atoms with Crippen LogP contribution in [-0.4, -0.2) is 31.7 Å². The van der Waals surface area contributed by atoms with Gasteiger partial charge in [0, 0.05) is 0 Å². The van der Waals surface area contributed by atoms with Crippen LogP contribution in [0.3, 0.4) is 0 Å². The molecule has 1 aromatic rings. The summed E-state index contributed by atoms with van der Waals surface area (Å²) in [6.45, 7) is 2.04. The van der Waals surface area contributed by atoms with E-state index in [9.17, 15) is 13.6 Å². The van der Waals surface area contributed by atoms with E-state index in [0.717, 1.165) is 0 Å². The van der Waals surface area contributed by atoms with Crippen molar-refractivity contribution >= 4 is 18.4 Å². The van der Waals surface area contributed by atoms with E-state index in [0.29, 0.717) is 24.7 Å². The summed E-state index contributed by atoms with van der Waals surface area (Å²) in [5.74, 6) is -4.64. The number of hydrogen-bond donors (Lipinski definition) is 1. The minimum Gasteiger partial charge on any atom is -0.486 e. The van der Waals surface area contributed by atoms with E-state index in [1.165, 1.54) is 25.1 Å². The lowest BCUT2D eigenvalue weighted by atomic mass is 10.0. The van der Waals surface area contributed by atoms with Gasteiger partial charge >= 0.3 is 11.9 Å². The number of rotatable bonds is 4. The first kappa shape index (κ1) is 17.5. The van der Waals surface area contributed by atoms with E-state index in [1.807, 2.05) is 0 Å². The third-order valence-electron chi connectivity index (χ3n) is 2.86. The molecule has 1 aromatic carbocycles. The van der Waals surface area contributed by atoms with Crippen molar-refractivity contribution in [2.45, 2.75) is 18.9 Å². The van der Waals surface area contributed by atoms with Gasteiger partial charge in [-0.3, -0.25) is 0 Å². The van der Waals surface area contributed by atoms with Crippen molar-refractivity contribution < 1.29 is 27.8 Å². The normalized spacial score (nSPS) is 14.9. The van der Waals surface area contributed by atoms with Crippen LogP contribution in [0.15, 0.2) is 18.2 Å². The Labute approximate surface area is 126 Å². The monoisotopic (exact) mass is 323 g/mol. The molecule has 0 fully saturated rings. The van der Waals surface area contributed by atoms with E-state index < -0.39 is 17.9 Å². The van der Waals surface area contributed by atoms with Crippen molar-refractivity contribution in [2.24, 2.45) is 5.73 Å². The molecule has 0 saturated carbocycles. The zero-order chi connectivity index (χ0) is 14.8. The Morgan fingerprint density at radius 3 is 2.62 bits per heavy atom. The van der Waals surface area contributed by atoms with Crippen LogP contribution >= 0.6 is 12.4 Å². The van der Waals surface area contributed by atoms with Gasteiger partial charge in [-0.05, 0) is 24.6 Å². The molecule has 0 spiro atoms. The van der Waals surface area contributed by atoms with Crippen molar-refractivity contribution in [1.29, 1.82) is 0 Å². The van der Waals surface area contributed by atoms with E-state index in [2.05, 4.69) is 4.74 Å². The molecule has 8 heteroatoms. The largest absolute Gasteiger partial charge is 0.486 e. The second kappa shape index (κ2) is 6.91. The predicted octanol–water partition coefficient (Wildman–Crippen LogP) is 2.08. The first-order chi connectivity index (χ1) is 9.46. The third-order valence-corrected chi connectivity index (χ3v) is 2.86. The third kappa shape index (κ3) is 3.54. The van der Waals surface area contributed by atoms with Crippen LogP contribution in [0.1, 0.15) is 18.5 Å². The number of ether oxygens (including phenoxy) is 3. The summed E-state index contributed by atoms with van der Waals surface area (Å²) >= 11 is 0. The average molecular weight is 324 g/mol. The van der Waals surface area contributed by atoms with Crippen molar-refractivity contribution in [3.63, 3.8) is 0 Å². The van der Waals surface area contributed by atoms with Gasteiger partial charge in [-0.25, -0.2) is 4.79 Å². The molecule has 1 heterocycles. The number of alkyl halides is 2. The van der Waals surface area contributed by atoms with Gasteiger partial charge in [-0.2, -0.15) is 8.78 Å². The Balaban J connectivity index is 0.00000220. The van der Waals surface area contributed by atoms with Crippen molar-refractivity contribution in [3.05, 3.63) is 23.8 Å². The van der Waals surface area contributed by atoms with Gasteiger partial charge in [0.05, 0.1) is 6.61 Å². The number of carbonyl (C=O) groups excluding carboxylic acids is 1. The van der Waals surface area contributed by atoms with Crippen LogP contribution < -0.4 is 15.2 Å². The first-order valence-corrected chi connectivity index (χ1v) is 6.17. The van der Waals surface area contributed by atoms with Crippen molar-refractivity contribution in [2.75, 3.05) is 19.8 Å². The van der Waals surface area contributed by atoms with Gasteiger partial charge < -0.3 is 19.9 Å². The molecule has 1 aliphatic rings. The number of fused-ring (bicyclic) bond motifs is 1. The zero-order valence-electron chi connectivity index (χ0n) is 11.3. The summed E-state index contributed by atoms with van der Waals surface area (Å²) in [5.41, 5.74) is 5.57. The number of esters is 1. The fourth-order valence-corrected chi connectivity index (χ4v) is 1.82. The molecule has 118 valence electrons. The summed E-state index contributed by atoms with van der Waals surface area (Å²) in [7, 11) is 0. The zero-order valence-corrected chi connectivity index (χ0v) is 12.1. The summed E-state index contributed by atoms with van der Waals surface area (Å²) in [4.78, 5) is 11.3. The molecule has 21 heavy (non-hydrogen) atoms. The molecule has 0 saturated heterocycles. The molecule has 1 atom stereocenters. The second-order valence-corrected chi connectivity index (χ2v) is 4.22. The van der Waals surface area contributed by atoms with Gasteiger partial charge in [0.15, 0.2) is 11.5 Å². The smallest absolute Gasteiger partial charge is 0.379 e. The van der Waals surface area contributed by atoms with Crippen LogP contribution in [0, 0.1) is 0 Å². The highest BCUT2D eigenvalue weighted by Gasteiger charge is 2.48. The molecule has 0 bridgehead atoms. The number of hydrogen-bond acceptors (Lipinski definition) is 5. The second-order valence-electron chi connectivity index (χ2n) is 4.22. The van der Waals surface area contributed by atoms with E-state index in [-0.39, 0.29) is 24.6 Å².